The number of nitrogen functional groups attached to an aromatic ring is 2. The smallest absolute Gasteiger partial charge is 0.296 e. The van der Waals surface area contributed by atoms with Gasteiger partial charge in [-0.3, -0.25) is 18.2 Å². The van der Waals surface area contributed by atoms with Crippen LogP contribution in [-0.2, 0) is 78.0 Å². The Bertz CT molecular complexity index is 4810. The zero-order valence-electron chi connectivity index (χ0n) is 44.2. The number of anilines is 2. The molecule has 0 aliphatic carbocycles. The van der Waals surface area contributed by atoms with E-state index in [0.717, 1.165) is 60.7 Å². The van der Waals surface area contributed by atoms with Crippen LogP contribution >= 0.6 is 48.2 Å². The van der Waals surface area contributed by atoms with Crippen LogP contribution in [0.5, 0.6) is 11.5 Å². The van der Waals surface area contributed by atoms with E-state index in [0.29, 0.717) is 48.2 Å². The first-order valence-corrected chi connectivity index (χ1v) is 32.4. The van der Waals surface area contributed by atoms with E-state index < -0.39 is 82.9 Å². The molecule has 8 aromatic carbocycles. The Kier molecular flexibility index (Phi) is 22.1. The lowest BCUT2D eigenvalue weighted by Gasteiger charge is -2.11. The largest absolute Gasteiger partial charge is 0.594 e. The number of phenolic OH excluding ortho intramolecular Hbond substituents is 2. The minimum atomic E-state index is -5.15. The third-order valence-corrected chi connectivity index (χ3v) is 18.1. The predicted octanol–water partition coefficient (Wildman–Crippen LogP) is 12.4. The van der Waals surface area contributed by atoms with E-state index in [1.165, 1.54) is 72.8 Å². The van der Waals surface area contributed by atoms with Crippen molar-refractivity contribution in [3.8, 4) is 11.5 Å². The molecule has 0 fully saturated rings. The summed E-state index contributed by atoms with van der Waals surface area (Å²) < 4.78 is 158. The standard InChI is InChI=1S/C48H36N8O27S8/c49-35-21-33-27(13-39(35)86-82-78-62)16-44(91(73,74)75)46(48(33)58)54-52-30-10-6-25(41(18-30)88(64,65)66)4-2-24-8-12-32(20-38(24)85-81-77-61)56(59)55-31-11-7-26(42(19-31)89(67,68)69)3-1-23-5-9-29(17-37(23)84-80-76-60)51-53-45-40(87-83-79-63)14-28-15-43(90(70,71)72)36(50)22-34(28)47(45)57/h1-22,57-58,60-63H,49-50H2,(H,64,65,66)(H,67,68,69)(H,70,71,72)(H,73,74,75)/b3-1+,4-2+,53-51?,54-52?,56-55?. The van der Waals surface area contributed by atoms with E-state index in [2.05, 4.69) is 63.1 Å². The second kappa shape index (κ2) is 29.2. The maximum Gasteiger partial charge on any atom is 0.296 e. The number of rotatable bonds is 26. The normalized spacial score (nSPS) is 12.9. The molecule has 0 aromatic heterocycles. The summed E-state index contributed by atoms with van der Waals surface area (Å²) in [5.74, 6) is -1.47. The lowest BCUT2D eigenvalue weighted by molar-refractivity contribution is -0.435. The van der Waals surface area contributed by atoms with E-state index in [9.17, 15) is 67.3 Å². The van der Waals surface area contributed by atoms with Crippen molar-refractivity contribution in [2.24, 2.45) is 25.6 Å². The van der Waals surface area contributed by atoms with Gasteiger partial charge in [0.15, 0.2) is 11.5 Å². The van der Waals surface area contributed by atoms with Gasteiger partial charge in [-0.05, 0) is 112 Å². The summed E-state index contributed by atoms with van der Waals surface area (Å²) in [5, 5.41) is 105. The molecule has 14 N–H and O–H groups in total. The molecule has 0 saturated heterocycles. The summed E-state index contributed by atoms with van der Waals surface area (Å²) in [6.45, 7) is 0. The Balaban J connectivity index is 1.05. The zero-order chi connectivity index (χ0) is 66.2. The van der Waals surface area contributed by atoms with E-state index in [-0.39, 0.29) is 102 Å². The summed E-state index contributed by atoms with van der Waals surface area (Å²) >= 11 is 1.47. The fourth-order valence-electron chi connectivity index (χ4n) is 8.01. The van der Waals surface area contributed by atoms with Crippen molar-refractivity contribution in [2.75, 3.05) is 11.5 Å². The Labute approximate surface area is 526 Å². The van der Waals surface area contributed by atoms with Crippen LogP contribution in [0.25, 0.3) is 45.8 Å². The maximum absolute atomic E-state index is 13.5. The van der Waals surface area contributed by atoms with Crippen molar-refractivity contribution in [1.29, 1.82) is 0 Å². The lowest BCUT2D eigenvalue weighted by atomic mass is 10.1. The zero-order valence-corrected chi connectivity index (χ0v) is 50.8. The Hall–Kier alpha value is -7.88. The lowest BCUT2D eigenvalue weighted by Crippen LogP contribution is -2.03. The van der Waals surface area contributed by atoms with Gasteiger partial charge in [0.25, 0.3) is 40.5 Å². The molecule has 0 atom stereocenters. The van der Waals surface area contributed by atoms with Crippen LogP contribution in [0, 0.1) is 5.21 Å². The molecule has 35 nitrogen and oxygen atoms in total. The Morgan fingerprint density at radius 3 is 1.34 bits per heavy atom. The number of hydrogen-bond donors (Lipinski definition) is 12. The molecule has 91 heavy (non-hydrogen) atoms. The molecule has 8 aromatic rings. The monoisotopic (exact) mass is 1410 g/mol. The molecular formula is C48H36N8O27S8. The number of hydrogen-bond acceptors (Lipinski definition) is 34. The summed E-state index contributed by atoms with van der Waals surface area (Å²) in [6.07, 6.45) is 4.95. The number of aromatic hydroxyl groups is 2. The van der Waals surface area contributed by atoms with Crippen molar-refractivity contribution >= 4 is 180 Å². The van der Waals surface area contributed by atoms with Crippen LogP contribution in [0.15, 0.2) is 174 Å². The molecule has 0 saturated carbocycles. The number of nitrogens with two attached hydrogens (primary N) is 2. The van der Waals surface area contributed by atoms with Crippen molar-refractivity contribution in [3.05, 3.63) is 137 Å². The molecule has 43 heteroatoms. The van der Waals surface area contributed by atoms with Gasteiger partial charge in [-0.1, -0.05) is 67.5 Å². The first-order valence-electron chi connectivity index (χ1n) is 23.6. The summed E-state index contributed by atoms with van der Waals surface area (Å²) in [6, 6.07) is 20.5. The highest BCUT2D eigenvalue weighted by Crippen LogP contribution is 2.47. The molecule has 0 heterocycles. The van der Waals surface area contributed by atoms with Crippen molar-refractivity contribution in [3.63, 3.8) is 0 Å². The van der Waals surface area contributed by atoms with Gasteiger partial charge in [0, 0.05) is 38.6 Å². The van der Waals surface area contributed by atoms with Crippen LogP contribution in [0.3, 0.4) is 0 Å². The second-order valence-corrected chi connectivity index (χ2v) is 26.0. The first-order chi connectivity index (χ1) is 43.0. The highest BCUT2D eigenvalue weighted by atomic mass is 32.2. The van der Waals surface area contributed by atoms with Crippen LogP contribution in [-0.4, -0.2) is 88.0 Å². The molecule has 8 rings (SSSR count). The molecule has 0 radical (unpaired) electrons. The first kappa shape index (κ1) is 69.0. The minimum absolute atomic E-state index is 0.0127. The number of azo groups is 3. The quantitative estimate of drug-likeness (QED) is 0.00350. The number of nitrogens with zero attached hydrogens (tertiary/aromatic N) is 6. The summed E-state index contributed by atoms with van der Waals surface area (Å²) in [4.78, 5) is -3.12. The molecule has 0 aliphatic heterocycles. The van der Waals surface area contributed by atoms with Gasteiger partial charge in [-0.2, -0.15) is 43.9 Å². The average Bonchev–Trinajstić information content (AvgIpc) is 0.785. The second-order valence-electron chi connectivity index (χ2n) is 17.5. The Morgan fingerprint density at radius 2 is 0.813 bits per heavy atom. The number of fused-ring (bicyclic) bond motifs is 2. The predicted molar refractivity (Wildman–Crippen MR) is 319 cm³/mol. The SMILES string of the molecule is Nc1cc2c(O)c(N=Nc3ccc(/C=C/c4ccc([N+]([O-])=Nc5ccc(/C=C/c6ccc(N=Nc7c(SOOO)cc8cc(S(=O)(=O)O)c(N)cc8c7O)cc6SOOO)c(S(=O)(=O)O)c5)cc4SOOO)c(S(=O)(=O)O)c3)c(S(=O)(=O)O)cc2cc1SOOO. The Morgan fingerprint density at radius 1 is 0.418 bits per heavy atom. The van der Waals surface area contributed by atoms with E-state index in [4.69, 9.17) is 32.5 Å². The van der Waals surface area contributed by atoms with Gasteiger partial charge in [-0.15, -0.1) is 27.6 Å². The summed E-state index contributed by atoms with van der Waals surface area (Å²) in [7, 11) is -20.1. The molecule has 0 aliphatic rings. The fourth-order valence-corrected chi connectivity index (χ4v) is 12.7. The summed E-state index contributed by atoms with van der Waals surface area (Å²) in [5.41, 5.74) is 9.21. The van der Waals surface area contributed by atoms with Crippen LogP contribution in [0.4, 0.5) is 45.5 Å². The molecular weight excluding hydrogens is 1380 g/mol. The van der Waals surface area contributed by atoms with Crippen molar-refractivity contribution in [2.45, 2.75) is 39.2 Å². The topological polar surface area (TPSA) is 553 Å². The van der Waals surface area contributed by atoms with Gasteiger partial charge in [-0.25, -0.2) is 21.0 Å². The van der Waals surface area contributed by atoms with Gasteiger partial charge in [0.2, 0.25) is 5.69 Å². The number of phenols is 2. The van der Waals surface area contributed by atoms with Gasteiger partial charge in [0.05, 0.1) is 79.9 Å². The minimum Gasteiger partial charge on any atom is -0.594 e. The highest BCUT2D eigenvalue weighted by Gasteiger charge is 2.26. The fraction of sp³-hybridized carbons (Fsp3) is 0. The highest BCUT2D eigenvalue weighted by molar-refractivity contribution is 7.95. The molecule has 0 bridgehead atoms. The molecule has 478 valence electrons. The van der Waals surface area contributed by atoms with Crippen LogP contribution in [0.1, 0.15) is 22.3 Å². The maximum atomic E-state index is 13.5. The average molecular weight is 1410 g/mol. The molecule has 0 unspecified atom stereocenters. The van der Waals surface area contributed by atoms with Gasteiger partial charge in [0.1, 0.15) is 36.6 Å². The van der Waals surface area contributed by atoms with Crippen molar-refractivity contribution in [1.82, 2.24) is 0 Å². The van der Waals surface area contributed by atoms with Gasteiger partial charge < -0.3 is 26.9 Å². The molecule has 0 amide bonds. The van der Waals surface area contributed by atoms with Crippen molar-refractivity contribution < 1.29 is 125 Å². The third kappa shape index (κ3) is 17.0. The third-order valence-electron chi connectivity index (χ3n) is 11.9. The van der Waals surface area contributed by atoms with Crippen LogP contribution in [0.2, 0.25) is 0 Å². The van der Waals surface area contributed by atoms with Gasteiger partial charge >= 0.3 is 0 Å². The molecule has 0 spiro atoms. The van der Waals surface area contributed by atoms with Crippen LogP contribution < -0.4 is 11.5 Å². The van der Waals surface area contributed by atoms with E-state index in [1.807, 2.05) is 0 Å². The van der Waals surface area contributed by atoms with E-state index >= 15 is 0 Å². The number of benzene rings is 8. The van der Waals surface area contributed by atoms with E-state index in [1.54, 1.807) is 0 Å².